The van der Waals surface area contributed by atoms with E-state index in [-0.39, 0.29) is 16.9 Å². The summed E-state index contributed by atoms with van der Waals surface area (Å²) in [6, 6.07) is 0. The Morgan fingerprint density at radius 3 is 2.22 bits per heavy atom. The van der Waals surface area contributed by atoms with Gasteiger partial charge in [-0.1, -0.05) is 33.8 Å². The minimum absolute atomic E-state index is 0.118. The fraction of sp³-hybridized carbons (Fsp3) is 0.800. The van der Waals surface area contributed by atoms with Gasteiger partial charge in [0.25, 0.3) is 0 Å². The lowest BCUT2D eigenvalue weighted by Crippen LogP contribution is -2.45. The first kappa shape index (κ1) is 17.6. The fourth-order valence-electron chi connectivity index (χ4n) is 1.48. The van der Waals surface area contributed by atoms with Gasteiger partial charge >= 0.3 is 0 Å². The first-order valence-corrected chi connectivity index (χ1v) is 9.72. The highest BCUT2D eigenvalue weighted by atomic mass is 28.4. The molecule has 0 aliphatic heterocycles. The Kier molecular flexibility index (Phi) is 6.51. The van der Waals surface area contributed by atoms with Crippen LogP contribution < -0.4 is 0 Å². The maximum absolute atomic E-state index is 11.2. The van der Waals surface area contributed by atoms with E-state index < -0.39 is 8.32 Å². The number of rotatable bonds is 7. The molecule has 18 heavy (non-hydrogen) atoms. The molecule has 0 rings (SSSR count). The molecule has 0 amide bonds. The quantitative estimate of drug-likeness (QED) is 0.500. The van der Waals surface area contributed by atoms with Gasteiger partial charge < -0.3 is 9.22 Å². The smallest absolute Gasteiger partial charge is 0.192 e. The lowest BCUT2D eigenvalue weighted by Gasteiger charge is -2.40. The van der Waals surface area contributed by atoms with Crippen LogP contribution in [0.4, 0.5) is 0 Å². The summed E-state index contributed by atoms with van der Waals surface area (Å²) < 4.78 is 6.42. The van der Waals surface area contributed by atoms with E-state index in [0.717, 1.165) is 6.42 Å². The normalized spacial score (nSPS) is 16.2. The Morgan fingerprint density at radius 2 is 1.89 bits per heavy atom. The Morgan fingerprint density at radius 1 is 1.39 bits per heavy atom. The third kappa shape index (κ3) is 5.49. The third-order valence-electron chi connectivity index (χ3n) is 3.99. The highest BCUT2D eigenvalue weighted by Crippen LogP contribution is 2.38. The molecule has 0 heterocycles. The summed E-state index contributed by atoms with van der Waals surface area (Å²) in [5, 5.41) is 0.197. The Labute approximate surface area is 114 Å². The van der Waals surface area contributed by atoms with Crippen LogP contribution in [0.5, 0.6) is 0 Å². The van der Waals surface area contributed by atoms with Crippen LogP contribution in [-0.4, -0.2) is 20.2 Å². The van der Waals surface area contributed by atoms with Gasteiger partial charge in [0.2, 0.25) is 0 Å². The Bertz CT molecular complexity index is 289. The number of carbonyl (C=O) groups is 1. The maximum Gasteiger partial charge on any atom is 0.192 e. The predicted octanol–water partition coefficient (Wildman–Crippen LogP) is 4.57. The molecule has 106 valence electrons. The van der Waals surface area contributed by atoms with Crippen molar-refractivity contribution in [2.45, 2.75) is 71.7 Å². The van der Waals surface area contributed by atoms with Crippen molar-refractivity contribution in [2.75, 3.05) is 0 Å². The average molecular weight is 270 g/mol. The second kappa shape index (κ2) is 6.67. The van der Waals surface area contributed by atoms with Gasteiger partial charge in [0.05, 0.1) is 6.10 Å². The van der Waals surface area contributed by atoms with E-state index in [1.54, 1.807) is 6.92 Å². The molecule has 0 aromatic carbocycles. The van der Waals surface area contributed by atoms with Gasteiger partial charge in [-0.15, -0.1) is 6.58 Å². The molecular formula is C15H30O2Si. The van der Waals surface area contributed by atoms with Crippen molar-refractivity contribution in [1.29, 1.82) is 0 Å². The lowest BCUT2D eigenvalue weighted by molar-refractivity contribution is -0.117. The number of ketones is 1. The van der Waals surface area contributed by atoms with Crippen molar-refractivity contribution in [2.24, 2.45) is 5.92 Å². The van der Waals surface area contributed by atoms with Crippen molar-refractivity contribution in [3.63, 3.8) is 0 Å². The summed E-state index contributed by atoms with van der Waals surface area (Å²) in [6.07, 6.45) is 3.44. The third-order valence-corrected chi connectivity index (χ3v) is 8.50. The van der Waals surface area contributed by atoms with Crippen LogP contribution in [0.1, 0.15) is 47.5 Å². The van der Waals surface area contributed by atoms with Crippen LogP contribution >= 0.6 is 0 Å². The van der Waals surface area contributed by atoms with Crippen molar-refractivity contribution in [1.82, 2.24) is 0 Å². The summed E-state index contributed by atoms with van der Waals surface area (Å²) >= 11 is 0. The molecular weight excluding hydrogens is 240 g/mol. The predicted molar refractivity (Wildman–Crippen MR) is 81.3 cm³/mol. The molecule has 0 aromatic rings. The van der Waals surface area contributed by atoms with E-state index in [9.17, 15) is 4.79 Å². The van der Waals surface area contributed by atoms with E-state index in [4.69, 9.17) is 4.43 Å². The minimum Gasteiger partial charge on any atom is -0.413 e. The molecule has 0 N–H and O–H groups in total. The van der Waals surface area contributed by atoms with Gasteiger partial charge in [-0.3, -0.25) is 0 Å². The first-order valence-electron chi connectivity index (χ1n) is 6.81. The van der Waals surface area contributed by atoms with Crippen molar-refractivity contribution >= 4 is 14.1 Å². The molecule has 2 atom stereocenters. The van der Waals surface area contributed by atoms with Crippen molar-refractivity contribution in [3.8, 4) is 0 Å². The van der Waals surface area contributed by atoms with Crippen LogP contribution in [0.3, 0.4) is 0 Å². The van der Waals surface area contributed by atoms with Crippen LogP contribution in [0.2, 0.25) is 18.1 Å². The van der Waals surface area contributed by atoms with Crippen molar-refractivity contribution in [3.05, 3.63) is 12.7 Å². The zero-order chi connectivity index (χ0) is 14.6. The first-order chi connectivity index (χ1) is 8.01. The zero-order valence-electron chi connectivity index (χ0n) is 13.2. The van der Waals surface area contributed by atoms with Gasteiger partial charge in [-0.25, -0.2) is 0 Å². The Hall–Kier alpha value is -0.413. The lowest BCUT2D eigenvalue weighted by atomic mass is 10.00. The Balaban J connectivity index is 4.78. The monoisotopic (exact) mass is 270 g/mol. The van der Waals surface area contributed by atoms with Crippen LogP contribution in [0.15, 0.2) is 12.7 Å². The molecule has 0 aliphatic rings. The molecule has 3 heteroatoms. The highest BCUT2D eigenvalue weighted by molar-refractivity contribution is 6.74. The summed E-state index contributed by atoms with van der Waals surface area (Å²) in [5.74, 6) is 0.522. The van der Waals surface area contributed by atoms with Crippen LogP contribution in [-0.2, 0) is 9.22 Å². The molecule has 0 spiro atoms. The van der Waals surface area contributed by atoms with Crippen LogP contribution in [0, 0.1) is 5.92 Å². The zero-order valence-corrected chi connectivity index (χ0v) is 14.2. The molecule has 0 saturated carbocycles. The van der Waals surface area contributed by atoms with Gasteiger partial charge in [0.15, 0.2) is 8.32 Å². The van der Waals surface area contributed by atoms with E-state index in [0.29, 0.717) is 12.3 Å². The molecule has 0 bridgehead atoms. The van der Waals surface area contributed by atoms with E-state index in [2.05, 4.69) is 47.4 Å². The molecule has 0 unspecified atom stereocenters. The maximum atomic E-state index is 11.2. The number of hydrogen-bond acceptors (Lipinski definition) is 2. The molecule has 0 saturated heterocycles. The van der Waals surface area contributed by atoms with Gasteiger partial charge in [-0.2, -0.15) is 0 Å². The molecule has 0 fully saturated rings. The topological polar surface area (TPSA) is 26.3 Å². The highest BCUT2D eigenvalue weighted by Gasteiger charge is 2.39. The van der Waals surface area contributed by atoms with E-state index in [1.807, 2.05) is 6.08 Å². The summed E-state index contributed by atoms with van der Waals surface area (Å²) in [4.78, 5) is 11.2. The van der Waals surface area contributed by atoms with Crippen molar-refractivity contribution < 1.29 is 9.22 Å². The summed E-state index contributed by atoms with van der Waals surface area (Å²) in [7, 11) is -1.78. The summed E-state index contributed by atoms with van der Waals surface area (Å²) in [5.41, 5.74) is 0. The second-order valence-electron chi connectivity index (χ2n) is 6.75. The SMILES string of the molecule is C=C[C@H](C)[C@H](CCC(C)=O)O[Si](C)(C)C(C)(C)C. The van der Waals surface area contributed by atoms with Crippen LogP contribution in [0.25, 0.3) is 0 Å². The molecule has 0 aromatic heterocycles. The van der Waals surface area contributed by atoms with E-state index in [1.165, 1.54) is 0 Å². The van der Waals surface area contributed by atoms with E-state index >= 15 is 0 Å². The molecule has 2 nitrogen and oxygen atoms in total. The van der Waals surface area contributed by atoms with Gasteiger partial charge in [-0.05, 0) is 37.4 Å². The molecule has 0 radical (unpaired) electrons. The van der Waals surface area contributed by atoms with Gasteiger partial charge in [0, 0.05) is 6.42 Å². The number of Topliss-reactive ketones (excluding diaryl/α,β-unsaturated/α-hetero) is 1. The standard InChI is InChI=1S/C15H30O2Si/c1-9-12(2)14(11-10-13(3)16)17-18(7,8)15(4,5)6/h9,12,14H,1,10-11H2,2-8H3/t12-,14-/m0/s1. The number of hydrogen-bond donors (Lipinski definition) is 0. The fourth-order valence-corrected chi connectivity index (χ4v) is 2.92. The second-order valence-corrected chi connectivity index (χ2v) is 11.5. The average Bonchev–Trinajstić information content (AvgIpc) is 2.21. The molecule has 0 aliphatic carbocycles. The number of carbonyl (C=O) groups excluding carboxylic acids is 1. The minimum atomic E-state index is -1.78. The largest absolute Gasteiger partial charge is 0.413 e. The summed E-state index contributed by atoms with van der Waals surface area (Å²) in [6.45, 7) is 18.8. The van der Waals surface area contributed by atoms with Gasteiger partial charge in [0.1, 0.15) is 5.78 Å².